The molecule has 0 fully saturated rings. The summed E-state index contributed by atoms with van der Waals surface area (Å²) >= 11 is 0. The van der Waals surface area contributed by atoms with E-state index in [4.69, 9.17) is 4.42 Å². The molecule has 0 aliphatic rings. The van der Waals surface area contributed by atoms with E-state index in [-0.39, 0.29) is 0 Å². The predicted molar refractivity (Wildman–Crippen MR) is 83.7 cm³/mol. The molecule has 20 heavy (non-hydrogen) atoms. The fourth-order valence-corrected chi connectivity index (χ4v) is 2.51. The fourth-order valence-electron chi connectivity index (χ4n) is 2.51. The average molecular weight is 265 g/mol. The number of benzene rings is 2. The molecule has 1 aromatic heterocycles. The summed E-state index contributed by atoms with van der Waals surface area (Å²) in [6, 6.07) is 19.1. The molecule has 2 nitrogen and oxygen atoms in total. The standard InChI is InChI=1S/C18H19NO/c1-3-19-13(2)14-8-6-9-15(11-14)18-12-16-7-4-5-10-17(16)20-18/h4-13,19H,3H2,1-2H3. The molecule has 0 radical (unpaired) electrons. The first-order chi connectivity index (χ1) is 9.78. The minimum absolute atomic E-state index is 0.351. The molecule has 0 aliphatic carbocycles. The van der Waals surface area contributed by atoms with Gasteiger partial charge in [-0.05, 0) is 37.2 Å². The highest BCUT2D eigenvalue weighted by atomic mass is 16.3. The summed E-state index contributed by atoms with van der Waals surface area (Å²) in [6.07, 6.45) is 0. The minimum atomic E-state index is 0.351. The zero-order valence-electron chi connectivity index (χ0n) is 11.9. The molecule has 0 spiro atoms. The van der Waals surface area contributed by atoms with Crippen molar-refractivity contribution in [2.45, 2.75) is 19.9 Å². The molecule has 2 aromatic carbocycles. The Labute approximate surface area is 119 Å². The lowest BCUT2D eigenvalue weighted by atomic mass is 10.0. The van der Waals surface area contributed by atoms with Gasteiger partial charge in [0.1, 0.15) is 11.3 Å². The van der Waals surface area contributed by atoms with Crippen LogP contribution >= 0.6 is 0 Å². The third-order valence-electron chi connectivity index (χ3n) is 3.61. The van der Waals surface area contributed by atoms with Gasteiger partial charge in [0.05, 0.1) is 0 Å². The second kappa shape index (κ2) is 5.51. The maximum absolute atomic E-state index is 5.93. The maximum Gasteiger partial charge on any atom is 0.135 e. The van der Waals surface area contributed by atoms with E-state index in [2.05, 4.69) is 55.6 Å². The molecular weight excluding hydrogens is 246 g/mol. The van der Waals surface area contributed by atoms with Crippen molar-refractivity contribution in [2.75, 3.05) is 6.54 Å². The number of fused-ring (bicyclic) bond motifs is 1. The van der Waals surface area contributed by atoms with Crippen molar-refractivity contribution in [3.05, 3.63) is 60.2 Å². The lowest BCUT2D eigenvalue weighted by Crippen LogP contribution is -2.17. The first-order valence-corrected chi connectivity index (χ1v) is 7.10. The summed E-state index contributed by atoms with van der Waals surface area (Å²) < 4.78 is 5.93. The number of hydrogen-bond donors (Lipinski definition) is 1. The Kier molecular flexibility index (Phi) is 3.57. The Morgan fingerprint density at radius 1 is 1.05 bits per heavy atom. The quantitative estimate of drug-likeness (QED) is 0.735. The van der Waals surface area contributed by atoms with E-state index >= 15 is 0 Å². The van der Waals surface area contributed by atoms with Gasteiger partial charge in [-0.2, -0.15) is 0 Å². The fraction of sp³-hybridized carbons (Fsp3) is 0.222. The minimum Gasteiger partial charge on any atom is -0.456 e. The molecule has 0 saturated heterocycles. The molecule has 1 unspecified atom stereocenters. The molecule has 0 aliphatic heterocycles. The summed E-state index contributed by atoms with van der Waals surface area (Å²) in [7, 11) is 0. The van der Waals surface area contributed by atoms with Crippen LogP contribution in [0.25, 0.3) is 22.3 Å². The van der Waals surface area contributed by atoms with Crippen LogP contribution in [0, 0.1) is 0 Å². The number of para-hydroxylation sites is 1. The van der Waals surface area contributed by atoms with E-state index in [0.717, 1.165) is 28.8 Å². The van der Waals surface area contributed by atoms with Crippen LogP contribution in [0.5, 0.6) is 0 Å². The van der Waals surface area contributed by atoms with Crippen LogP contribution in [0.3, 0.4) is 0 Å². The molecule has 1 heterocycles. The molecule has 1 N–H and O–H groups in total. The van der Waals surface area contributed by atoms with Crippen LogP contribution < -0.4 is 5.32 Å². The van der Waals surface area contributed by atoms with Crippen LogP contribution in [0.15, 0.2) is 59.0 Å². The summed E-state index contributed by atoms with van der Waals surface area (Å²) in [5.41, 5.74) is 3.35. The van der Waals surface area contributed by atoms with Gasteiger partial charge in [0.2, 0.25) is 0 Å². The van der Waals surface area contributed by atoms with Crippen molar-refractivity contribution >= 4 is 11.0 Å². The highest BCUT2D eigenvalue weighted by Crippen LogP contribution is 2.29. The van der Waals surface area contributed by atoms with E-state index in [1.807, 2.05) is 18.2 Å². The third kappa shape index (κ3) is 2.47. The Balaban J connectivity index is 1.99. The van der Waals surface area contributed by atoms with E-state index in [0.29, 0.717) is 6.04 Å². The van der Waals surface area contributed by atoms with Crippen molar-refractivity contribution in [2.24, 2.45) is 0 Å². The molecule has 1 atom stereocenters. The van der Waals surface area contributed by atoms with Gasteiger partial charge in [0, 0.05) is 17.0 Å². The van der Waals surface area contributed by atoms with Gasteiger partial charge >= 0.3 is 0 Å². The Morgan fingerprint density at radius 3 is 2.70 bits per heavy atom. The maximum atomic E-state index is 5.93. The second-order valence-electron chi connectivity index (χ2n) is 5.05. The molecule has 0 bridgehead atoms. The molecule has 0 amide bonds. The van der Waals surface area contributed by atoms with Crippen LogP contribution in [-0.2, 0) is 0 Å². The van der Waals surface area contributed by atoms with Crippen molar-refractivity contribution < 1.29 is 4.42 Å². The van der Waals surface area contributed by atoms with Crippen LogP contribution in [0.2, 0.25) is 0 Å². The molecule has 102 valence electrons. The summed E-state index contributed by atoms with van der Waals surface area (Å²) in [6.45, 7) is 5.27. The number of furan rings is 1. The predicted octanol–water partition coefficient (Wildman–Crippen LogP) is 4.77. The second-order valence-corrected chi connectivity index (χ2v) is 5.05. The van der Waals surface area contributed by atoms with E-state index in [9.17, 15) is 0 Å². The average Bonchev–Trinajstić information content (AvgIpc) is 2.91. The van der Waals surface area contributed by atoms with Gasteiger partial charge in [-0.15, -0.1) is 0 Å². The van der Waals surface area contributed by atoms with Crippen molar-refractivity contribution in [1.29, 1.82) is 0 Å². The molecular formula is C18H19NO. The molecule has 3 aromatic rings. The van der Waals surface area contributed by atoms with Gasteiger partial charge in [-0.25, -0.2) is 0 Å². The van der Waals surface area contributed by atoms with Crippen LogP contribution in [-0.4, -0.2) is 6.54 Å². The molecule has 2 heteroatoms. The summed E-state index contributed by atoms with van der Waals surface area (Å²) in [4.78, 5) is 0. The molecule has 0 saturated carbocycles. The third-order valence-corrected chi connectivity index (χ3v) is 3.61. The first kappa shape index (κ1) is 12.9. The number of hydrogen-bond acceptors (Lipinski definition) is 2. The zero-order chi connectivity index (χ0) is 13.9. The van der Waals surface area contributed by atoms with Crippen LogP contribution in [0.4, 0.5) is 0 Å². The monoisotopic (exact) mass is 265 g/mol. The van der Waals surface area contributed by atoms with Crippen LogP contribution in [0.1, 0.15) is 25.5 Å². The normalized spacial score (nSPS) is 12.7. The number of rotatable bonds is 4. The van der Waals surface area contributed by atoms with Gasteiger partial charge in [0.15, 0.2) is 0 Å². The highest BCUT2D eigenvalue weighted by molar-refractivity contribution is 5.82. The SMILES string of the molecule is CCNC(C)c1cccc(-c2cc3ccccc3o2)c1. The van der Waals surface area contributed by atoms with Gasteiger partial charge in [-0.3, -0.25) is 0 Å². The molecule has 3 rings (SSSR count). The smallest absolute Gasteiger partial charge is 0.135 e. The Bertz CT molecular complexity index is 681. The first-order valence-electron chi connectivity index (χ1n) is 7.10. The largest absolute Gasteiger partial charge is 0.456 e. The zero-order valence-corrected chi connectivity index (χ0v) is 11.9. The lowest BCUT2D eigenvalue weighted by molar-refractivity contribution is 0.597. The van der Waals surface area contributed by atoms with Gasteiger partial charge < -0.3 is 9.73 Å². The summed E-state index contributed by atoms with van der Waals surface area (Å²) in [5.74, 6) is 0.928. The highest BCUT2D eigenvalue weighted by Gasteiger charge is 2.09. The van der Waals surface area contributed by atoms with Crippen molar-refractivity contribution in [3.63, 3.8) is 0 Å². The van der Waals surface area contributed by atoms with Gasteiger partial charge in [-0.1, -0.05) is 43.3 Å². The van der Waals surface area contributed by atoms with E-state index in [1.54, 1.807) is 0 Å². The van der Waals surface area contributed by atoms with Gasteiger partial charge in [0.25, 0.3) is 0 Å². The van der Waals surface area contributed by atoms with Crippen molar-refractivity contribution in [3.8, 4) is 11.3 Å². The number of nitrogens with one attached hydrogen (secondary N) is 1. The Hall–Kier alpha value is -2.06. The topological polar surface area (TPSA) is 25.2 Å². The Morgan fingerprint density at radius 2 is 1.90 bits per heavy atom. The van der Waals surface area contributed by atoms with Crippen molar-refractivity contribution in [1.82, 2.24) is 5.32 Å². The lowest BCUT2D eigenvalue weighted by Gasteiger charge is -2.13. The summed E-state index contributed by atoms with van der Waals surface area (Å²) in [5, 5.41) is 4.58. The van der Waals surface area contributed by atoms with E-state index < -0.39 is 0 Å². The van der Waals surface area contributed by atoms with E-state index in [1.165, 1.54) is 5.56 Å².